The molecule has 0 aliphatic rings. The predicted molar refractivity (Wildman–Crippen MR) is 94.8 cm³/mol. The Hall–Kier alpha value is -1.69. The molecule has 2 aromatic carbocycles. The first-order valence-electron chi connectivity index (χ1n) is 6.68. The van der Waals surface area contributed by atoms with E-state index in [1.807, 2.05) is 0 Å². The quantitative estimate of drug-likeness (QED) is 0.728. The van der Waals surface area contributed by atoms with Crippen molar-refractivity contribution < 1.29 is 13.2 Å². The minimum atomic E-state index is -3.66. The van der Waals surface area contributed by atoms with Crippen LogP contribution in [0, 0.1) is 0 Å². The Labute approximate surface area is 145 Å². The summed E-state index contributed by atoms with van der Waals surface area (Å²) in [6.45, 7) is 3.90. The minimum absolute atomic E-state index is 0.311. The number of hydrogen-bond donors (Lipinski definition) is 1. The average Bonchev–Trinajstić information content (AvgIpc) is 2.49. The second-order valence-electron chi connectivity index (χ2n) is 4.69. The molecule has 0 fully saturated rings. The van der Waals surface area contributed by atoms with E-state index in [9.17, 15) is 8.42 Å². The van der Waals surface area contributed by atoms with Crippen molar-refractivity contribution in [3.63, 3.8) is 0 Å². The van der Waals surface area contributed by atoms with Gasteiger partial charge >= 0.3 is 0 Å². The van der Waals surface area contributed by atoms with Gasteiger partial charge in [0, 0.05) is 21.7 Å². The second kappa shape index (κ2) is 7.73. The van der Waals surface area contributed by atoms with E-state index in [2.05, 4.69) is 11.3 Å². The van der Waals surface area contributed by atoms with E-state index in [-0.39, 0.29) is 5.75 Å². The molecule has 0 heterocycles. The van der Waals surface area contributed by atoms with Crippen molar-refractivity contribution in [2.24, 2.45) is 0 Å². The molecule has 4 nitrogen and oxygen atoms in total. The number of halogens is 2. The average molecular weight is 372 g/mol. The predicted octanol–water partition coefficient (Wildman–Crippen LogP) is 4.50. The van der Waals surface area contributed by atoms with E-state index in [1.165, 1.54) is 0 Å². The maximum Gasteiger partial charge on any atom is 0.237 e. The molecule has 0 spiro atoms. The molecule has 0 aliphatic carbocycles. The maximum atomic E-state index is 12.3. The maximum absolute atomic E-state index is 12.3. The molecule has 2 aromatic rings. The zero-order valence-corrected chi connectivity index (χ0v) is 14.5. The van der Waals surface area contributed by atoms with Crippen molar-refractivity contribution in [3.05, 3.63) is 70.7 Å². The van der Waals surface area contributed by atoms with Crippen molar-refractivity contribution in [3.8, 4) is 5.75 Å². The van der Waals surface area contributed by atoms with Crippen LogP contribution in [0.2, 0.25) is 10.0 Å². The largest absolute Gasteiger partial charge is 0.489 e. The summed E-state index contributed by atoms with van der Waals surface area (Å²) in [5.41, 5.74) is 0.761. The molecule has 0 saturated heterocycles. The van der Waals surface area contributed by atoms with Gasteiger partial charge in [-0.25, -0.2) is 8.42 Å². The number of rotatable bonds is 7. The van der Waals surface area contributed by atoms with Gasteiger partial charge in [0.2, 0.25) is 10.0 Å². The van der Waals surface area contributed by atoms with E-state index in [1.54, 1.807) is 48.5 Å². The van der Waals surface area contributed by atoms with Crippen LogP contribution in [0.1, 0.15) is 5.56 Å². The first kappa shape index (κ1) is 17.7. The summed E-state index contributed by atoms with van der Waals surface area (Å²) in [7, 11) is -3.66. The third-order valence-corrected chi connectivity index (χ3v) is 4.79. The summed E-state index contributed by atoms with van der Waals surface area (Å²) >= 11 is 12.0. The summed E-state index contributed by atoms with van der Waals surface area (Å²) in [6.07, 6.45) is 1.61. The van der Waals surface area contributed by atoms with Crippen LogP contribution in [0.3, 0.4) is 0 Å². The molecular weight excluding hydrogens is 357 g/mol. The van der Waals surface area contributed by atoms with Crippen molar-refractivity contribution in [1.82, 2.24) is 0 Å². The van der Waals surface area contributed by atoms with Crippen LogP contribution in [0.5, 0.6) is 5.75 Å². The van der Waals surface area contributed by atoms with Crippen LogP contribution in [0.15, 0.2) is 55.1 Å². The van der Waals surface area contributed by atoms with Crippen molar-refractivity contribution >= 4 is 38.9 Å². The standard InChI is InChI=1S/C16H15Cl2NO3S/c1-2-9-22-13-6-3-5-12(10-13)19-23(20,21)11-14-15(17)7-4-8-16(14)18/h2-8,10,19H,1,9,11H2. The fraction of sp³-hybridized carbons (Fsp3) is 0.125. The van der Waals surface area contributed by atoms with Crippen LogP contribution >= 0.6 is 23.2 Å². The summed E-state index contributed by atoms with van der Waals surface area (Å²) in [4.78, 5) is 0. The molecule has 0 aliphatic heterocycles. The zero-order chi connectivity index (χ0) is 16.9. The summed E-state index contributed by atoms with van der Waals surface area (Å²) in [5, 5.41) is 0.622. The van der Waals surface area contributed by atoms with Gasteiger partial charge in [0.25, 0.3) is 0 Å². The lowest BCUT2D eigenvalue weighted by Gasteiger charge is -2.11. The normalized spacial score (nSPS) is 11.0. The molecule has 0 amide bonds. The monoisotopic (exact) mass is 371 g/mol. The minimum Gasteiger partial charge on any atom is -0.489 e. The molecular formula is C16H15Cl2NO3S. The first-order chi connectivity index (χ1) is 10.9. The highest BCUT2D eigenvalue weighted by Gasteiger charge is 2.17. The number of sulfonamides is 1. The molecule has 2 rings (SSSR count). The summed E-state index contributed by atoms with van der Waals surface area (Å²) in [6, 6.07) is 11.5. The van der Waals surface area contributed by atoms with Gasteiger partial charge in [0.1, 0.15) is 12.4 Å². The number of nitrogens with one attached hydrogen (secondary N) is 1. The third kappa shape index (κ3) is 5.16. The number of anilines is 1. The van der Waals surface area contributed by atoms with E-state index in [0.717, 1.165) is 0 Å². The van der Waals surface area contributed by atoms with Gasteiger partial charge < -0.3 is 4.74 Å². The lowest BCUT2D eigenvalue weighted by atomic mass is 10.2. The number of benzene rings is 2. The van der Waals surface area contributed by atoms with Crippen molar-refractivity contribution in [2.45, 2.75) is 5.75 Å². The van der Waals surface area contributed by atoms with Gasteiger partial charge in [0.05, 0.1) is 11.4 Å². The van der Waals surface area contributed by atoms with E-state index in [4.69, 9.17) is 27.9 Å². The molecule has 0 aromatic heterocycles. The second-order valence-corrected chi connectivity index (χ2v) is 7.23. The van der Waals surface area contributed by atoms with Crippen molar-refractivity contribution in [2.75, 3.05) is 11.3 Å². The Morgan fingerprint density at radius 2 is 1.78 bits per heavy atom. The van der Waals surface area contributed by atoms with Crippen LogP contribution in [0.25, 0.3) is 0 Å². The fourth-order valence-corrected chi connectivity index (χ4v) is 3.82. The molecule has 0 unspecified atom stereocenters. The fourth-order valence-electron chi connectivity index (χ4n) is 1.88. The van der Waals surface area contributed by atoms with Gasteiger partial charge in [0.15, 0.2) is 0 Å². The lowest BCUT2D eigenvalue weighted by Crippen LogP contribution is -2.15. The molecule has 1 N–H and O–H groups in total. The van der Waals surface area contributed by atoms with Crippen LogP contribution in [-0.2, 0) is 15.8 Å². The molecule has 0 saturated carbocycles. The Balaban J connectivity index is 2.17. The van der Waals surface area contributed by atoms with Gasteiger partial charge in [-0.05, 0) is 24.3 Å². The highest BCUT2D eigenvalue weighted by Crippen LogP contribution is 2.27. The van der Waals surface area contributed by atoms with Gasteiger partial charge in [-0.15, -0.1) is 0 Å². The Bertz CT molecular complexity index is 786. The highest BCUT2D eigenvalue weighted by atomic mass is 35.5. The van der Waals surface area contributed by atoms with E-state index < -0.39 is 10.0 Å². The third-order valence-electron chi connectivity index (χ3n) is 2.87. The Morgan fingerprint density at radius 3 is 2.43 bits per heavy atom. The van der Waals surface area contributed by atoms with Crippen LogP contribution in [-0.4, -0.2) is 15.0 Å². The molecule has 0 atom stereocenters. The summed E-state index contributed by atoms with van der Waals surface area (Å²) in [5.74, 6) is 0.226. The SMILES string of the molecule is C=CCOc1cccc(NS(=O)(=O)Cc2c(Cl)cccc2Cl)c1. The molecule has 122 valence electrons. The van der Waals surface area contributed by atoms with Gasteiger partial charge in [-0.3, -0.25) is 4.72 Å². The van der Waals surface area contributed by atoms with Gasteiger partial charge in [-0.2, -0.15) is 0 Å². The first-order valence-corrected chi connectivity index (χ1v) is 9.09. The number of ether oxygens (including phenoxy) is 1. The number of hydrogen-bond acceptors (Lipinski definition) is 3. The van der Waals surface area contributed by atoms with Crippen LogP contribution < -0.4 is 9.46 Å². The summed E-state index contributed by atoms with van der Waals surface area (Å²) < 4.78 is 32.5. The Kier molecular flexibility index (Phi) is 5.93. The zero-order valence-electron chi connectivity index (χ0n) is 12.1. The smallest absolute Gasteiger partial charge is 0.237 e. The molecule has 0 bridgehead atoms. The molecule has 7 heteroatoms. The van der Waals surface area contributed by atoms with Crippen molar-refractivity contribution in [1.29, 1.82) is 0 Å². The molecule has 23 heavy (non-hydrogen) atoms. The Morgan fingerprint density at radius 1 is 1.13 bits per heavy atom. The van der Waals surface area contributed by atoms with E-state index >= 15 is 0 Å². The van der Waals surface area contributed by atoms with Crippen LogP contribution in [0.4, 0.5) is 5.69 Å². The molecule has 0 radical (unpaired) electrons. The highest BCUT2D eigenvalue weighted by molar-refractivity contribution is 7.91. The van der Waals surface area contributed by atoms with E-state index in [0.29, 0.717) is 33.7 Å². The lowest BCUT2D eigenvalue weighted by molar-refractivity contribution is 0.363. The van der Waals surface area contributed by atoms with Gasteiger partial charge in [-0.1, -0.05) is 48.0 Å². The topological polar surface area (TPSA) is 55.4 Å².